The number of hydrogen-bond donors (Lipinski definition) is 2. The Morgan fingerprint density at radius 1 is 0.700 bits per heavy atom. The van der Waals surface area contributed by atoms with E-state index >= 15 is 0 Å². The van der Waals surface area contributed by atoms with E-state index in [1.807, 2.05) is 13.8 Å². The first-order valence-corrected chi connectivity index (χ1v) is 15.8. The van der Waals surface area contributed by atoms with Gasteiger partial charge in [-0.25, -0.2) is 32.8 Å². The van der Waals surface area contributed by atoms with E-state index in [9.17, 15) is 32.8 Å². The second-order valence-electron chi connectivity index (χ2n) is 10.6. The molecule has 13 nitrogen and oxygen atoms in total. The molecule has 0 saturated carbocycles. The summed E-state index contributed by atoms with van der Waals surface area (Å²) in [6.07, 6.45) is -4.27. The number of unbranched alkanes of at least 4 members (excludes halogenated alkanes) is 2. The Morgan fingerprint density at radius 3 is 1.38 bits per heavy atom. The second-order valence-corrected chi connectivity index (χ2v) is 11.3. The van der Waals surface area contributed by atoms with Crippen molar-refractivity contribution >= 4 is 64.9 Å². The maximum Gasteiger partial charge on any atom is 0.519 e. The van der Waals surface area contributed by atoms with Gasteiger partial charge in [-0.3, -0.25) is 10.6 Å². The van der Waals surface area contributed by atoms with Gasteiger partial charge in [0.25, 0.3) is 0 Å². The summed E-state index contributed by atoms with van der Waals surface area (Å²) in [7, 11) is 0. The van der Waals surface area contributed by atoms with Crippen LogP contribution in [0.5, 0.6) is 11.5 Å². The predicted molar refractivity (Wildman–Crippen MR) is 179 cm³/mol. The lowest BCUT2D eigenvalue weighted by molar-refractivity contribution is -0.152. The number of halogens is 4. The standard InChI is InChI=1S/C33H36Cl2F2N2O11/c1-7-9-11-45-29(40)27(17(3)4)49-31(42)38-19-13-21(36)25(34)23(15-19)47-33(44)48-24-16-20(14-22(37)26(24)35)39-32(43)50-28(18(5)6)30(41)46-12-10-8-2/h13-16,27-28H,3,5,7-12H2,1-2,4,6H3,(H,38,42)(H,39,43). The lowest BCUT2D eigenvalue weighted by atomic mass is 10.2. The molecule has 0 heterocycles. The highest BCUT2D eigenvalue weighted by Crippen LogP contribution is 2.34. The van der Waals surface area contributed by atoms with Gasteiger partial charge in [0.05, 0.1) is 24.6 Å². The summed E-state index contributed by atoms with van der Waals surface area (Å²) in [6, 6.07) is 3.37. The van der Waals surface area contributed by atoms with Crippen molar-refractivity contribution in [2.45, 2.75) is 65.6 Å². The highest BCUT2D eigenvalue weighted by molar-refractivity contribution is 6.33. The monoisotopic (exact) mass is 744 g/mol. The summed E-state index contributed by atoms with van der Waals surface area (Å²) >= 11 is 11.9. The van der Waals surface area contributed by atoms with Crippen molar-refractivity contribution in [3.05, 3.63) is 70.2 Å². The van der Waals surface area contributed by atoms with Gasteiger partial charge < -0.3 is 28.4 Å². The third-order valence-corrected chi connectivity index (χ3v) is 6.86. The molecule has 0 bridgehead atoms. The number of rotatable bonds is 16. The summed E-state index contributed by atoms with van der Waals surface area (Å²) in [5, 5.41) is 2.91. The van der Waals surface area contributed by atoms with Gasteiger partial charge in [-0.05, 0) is 50.0 Å². The summed E-state index contributed by atoms with van der Waals surface area (Å²) < 4.78 is 59.4. The molecule has 2 rings (SSSR count). The largest absolute Gasteiger partial charge is 0.519 e. The van der Waals surface area contributed by atoms with Gasteiger partial charge >= 0.3 is 30.3 Å². The minimum absolute atomic E-state index is 0.0988. The lowest BCUT2D eigenvalue weighted by Gasteiger charge is -2.18. The van der Waals surface area contributed by atoms with E-state index in [0.29, 0.717) is 12.8 Å². The molecule has 0 saturated heterocycles. The van der Waals surface area contributed by atoms with E-state index in [1.165, 1.54) is 13.8 Å². The van der Waals surface area contributed by atoms with Crippen LogP contribution < -0.4 is 20.1 Å². The molecule has 0 aliphatic heterocycles. The number of hydrogen-bond acceptors (Lipinski definition) is 11. The molecule has 2 N–H and O–H groups in total. The highest BCUT2D eigenvalue weighted by atomic mass is 35.5. The minimum atomic E-state index is -1.60. The molecule has 0 aliphatic rings. The minimum Gasteiger partial charge on any atom is -0.463 e. The zero-order chi connectivity index (χ0) is 37.5. The number of nitrogens with one attached hydrogen (secondary N) is 2. The molecule has 2 aromatic carbocycles. The number of ether oxygens (including phenoxy) is 6. The Balaban J connectivity index is 2.15. The van der Waals surface area contributed by atoms with Crippen molar-refractivity contribution < 1.29 is 61.2 Å². The van der Waals surface area contributed by atoms with Gasteiger partial charge in [-0.1, -0.05) is 63.0 Å². The van der Waals surface area contributed by atoms with E-state index in [1.54, 1.807) is 0 Å². The number of benzene rings is 2. The van der Waals surface area contributed by atoms with Crippen LogP contribution in [0.4, 0.5) is 34.5 Å². The van der Waals surface area contributed by atoms with Crippen LogP contribution in [0.3, 0.4) is 0 Å². The summed E-state index contributed by atoms with van der Waals surface area (Å²) in [6.45, 7) is 14.0. The zero-order valence-corrected chi connectivity index (χ0v) is 29.1. The quantitative estimate of drug-likeness (QED) is 0.0556. The average Bonchev–Trinajstić information content (AvgIpc) is 3.03. The third-order valence-electron chi connectivity index (χ3n) is 6.13. The molecule has 0 radical (unpaired) electrons. The second kappa shape index (κ2) is 19.9. The first-order valence-electron chi connectivity index (χ1n) is 15.0. The van der Waals surface area contributed by atoms with E-state index in [0.717, 1.165) is 37.1 Å². The molecule has 50 heavy (non-hydrogen) atoms. The van der Waals surface area contributed by atoms with Crippen LogP contribution in [0, 0.1) is 11.6 Å². The van der Waals surface area contributed by atoms with Crippen LogP contribution in [0.25, 0.3) is 0 Å². The topological polar surface area (TPSA) is 165 Å². The van der Waals surface area contributed by atoms with Crippen molar-refractivity contribution in [3.8, 4) is 11.5 Å². The predicted octanol–water partition coefficient (Wildman–Crippen LogP) is 8.52. The fourth-order valence-electron chi connectivity index (χ4n) is 3.62. The number of carbonyl (C=O) groups is 5. The fraction of sp³-hybridized carbons (Fsp3) is 0.364. The molecule has 2 unspecified atom stereocenters. The van der Waals surface area contributed by atoms with Crippen LogP contribution >= 0.6 is 23.2 Å². The van der Waals surface area contributed by atoms with Crippen molar-refractivity contribution in [1.82, 2.24) is 0 Å². The van der Waals surface area contributed by atoms with Crippen LogP contribution in [-0.2, 0) is 28.5 Å². The molecule has 0 aromatic heterocycles. The molecule has 17 heteroatoms. The van der Waals surface area contributed by atoms with Gasteiger partial charge in [0.2, 0.25) is 12.2 Å². The Morgan fingerprint density at radius 2 is 1.06 bits per heavy atom. The normalized spacial score (nSPS) is 11.7. The van der Waals surface area contributed by atoms with Gasteiger partial charge in [-0.15, -0.1) is 0 Å². The van der Waals surface area contributed by atoms with Crippen LogP contribution in [0.1, 0.15) is 53.4 Å². The Labute approximate surface area is 296 Å². The van der Waals surface area contributed by atoms with E-state index in [2.05, 4.69) is 23.8 Å². The zero-order valence-electron chi connectivity index (χ0n) is 27.6. The van der Waals surface area contributed by atoms with Crippen LogP contribution in [0.2, 0.25) is 10.0 Å². The van der Waals surface area contributed by atoms with E-state index < -0.39 is 75.7 Å². The first kappa shape index (κ1) is 41.3. The summed E-state index contributed by atoms with van der Waals surface area (Å²) in [4.78, 5) is 62.2. The smallest absolute Gasteiger partial charge is 0.463 e. The first-order chi connectivity index (χ1) is 23.6. The molecule has 272 valence electrons. The van der Waals surface area contributed by atoms with Crippen molar-refractivity contribution in [2.24, 2.45) is 0 Å². The Hall–Kier alpha value is -4.89. The van der Waals surface area contributed by atoms with E-state index in [4.69, 9.17) is 51.6 Å². The highest BCUT2D eigenvalue weighted by Gasteiger charge is 2.28. The van der Waals surface area contributed by atoms with Crippen LogP contribution in [-0.4, -0.2) is 55.7 Å². The number of carbonyl (C=O) groups excluding carboxylic acids is 5. The average molecular weight is 746 g/mol. The van der Waals surface area contributed by atoms with Gasteiger partial charge in [-0.2, -0.15) is 0 Å². The third kappa shape index (κ3) is 12.9. The Kier molecular flexibility index (Phi) is 16.5. The number of esters is 2. The van der Waals surface area contributed by atoms with E-state index in [-0.39, 0.29) is 35.7 Å². The molecule has 2 aromatic rings. The van der Waals surface area contributed by atoms with Gasteiger partial charge in [0.15, 0.2) is 11.5 Å². The molecule has 0 fully saturated rings. The summed E-state index contributed by atoms with van der Waals surface area (Å²) in [5.41, 5.74) is -0.340. The number of amides is 2. The SMILES string of the molecule is C=C(C)C(OC(=O)Nc1cc(F)c(Cl)c(OC(=O)Oc2cc(NC(=O)OC(C(=C)C)C(=O)OCCCC)cc(F)c2Cl)c1)C(=O)OCCCC. The van der Waals surface area contributed by atoms with Crippen molar-refractivity contribution in [3.63, 3.8) is 0 Å². The maximum absolute atomic E-state index is 14.6. The van der Waals surface area contributed by atoms with Crippen LogP contribution in [0.15, 0.2) is 48.6 Å². The fourth-order valence-corrected chi connectivity index (χ4v) is 3.91. The Bertz CT molecular complexity index is 1500. The lowest BCUT2D eigenvalue weighted by Crippen LogP contribution is -2.32. The molecule has 0 spiro atoms. The van der Waals surface area contributed by atoms with Gasteiger partial charge in [0, 0.05) is 12.1 Å². The molecule has 2 amide bonds. The summed E-state index contributed by atoms with van der Waals surface area (Å²) in [5.74, 6) is -5.35. The molecule has 0 aliphatic carbocycles. The van der Waals surface area contributed by atoms with Gasteiger partial charge in [0.1, 0.15) is 21.7 Å². The van der Waals surface area contributed by atoms with Crippen molar-refractivity contribution in [2.75, 3.05) is 23.8 Å². The number of anilines is 2. The molecule has 2 atom stereocenters. The van der Waals surface area contributed by atoms with Crippen molar-refractivity contribution in [1.29, 1.82) is 0 Å². The molecular formula is C33H36Cl2F2N2O11. The molecular weight excluding hydrogens is 709 g/mol. The maximum atomic E-state index is 14.6.